The number of hydrogen-bond donors (Lipinski definition) is 0. The number of carbonyl (C=O) groups excluding carboxylic acids is 4. The van der Waals surface area contributed by atoms with E-state index >= 15 is 0 Å². The van der Waals surface area contributed by atoms with Gasteiger partial charge in [0.05, 0.1) is 16.7 Å². The van der Waals surface area contributed by atoms with Crippen molar-refractivity contribution in [2.45, 2.75) is 19.4 Å². The van der Waals surface area contributed by atoms with Crippen LogP contribution in [0.25, 0.3) is 0 Å². The number of imide groups is 1. The number of benzene rings is 3. The first-order valence-corrected chi connectivity index (χ1v) is 9.80. The Morgan fingerprint density at radius 3 is 1.97 bits per heavy atom. The lowest BCUT2D eigenvalue weighted by atomic mass is 10.0. The lowest BCUT2D eigenvalue weighted by Crippen LogP contribution is -2.48. The van der Waals surface area contributed by atoms with E-state index in [4.69, 9.17) is 4.74 Å². The predicted molar refractivity (Wildman–Crippen MR) is 113 cm³/mol. The molecule has 154 valence electrons. The van der Waals surface area contributed by atoms with Gasteiger partial charge < -0.3 is 4.74 Å². The van der Waals surface area contributed by atoms with Crippen LogP contribution in [0.5, 0.6) is 5.75 Å². The number of ketones is 1. The van der Waals surface area contributed by atoms with Gasteiger partial charge in [0.2, 0.25) is 0 Å². The Labute approximate surface area is 179 Å². The molecule has 0 fully saturated rings. The molecule has 1 aliphatic heterocycles. The maximum Gasteiger partial charge on any atom is 0.335 e. The molecule has 1 aliphatic rings. The number of carbonyl (C=O) groups is 4. The summed E-state index contributed by atoms with van der Waals surface area (Å²) in [7, 11) is 0. The van der Waals surface area contributed by atoms with Gasteiger partial charge in [-0.05, 0) is 36.8 Å². The third-order valence-corrected chi connectivity index (χ3v) is 5.16. The second kappa shape index (κ2) is 8.36. The molecule has 3 aromatic rings. The van der Waals surface area contributed by atoms with Gasteiger partial charge in [0.25, 0.3) is 11.8 Å². The van der Waals surface area contributed by atoms with E-state index in [2.05, 4.69) is 0 Å². The van der Waals surface area contributed by atoms with Gasteiger partial charge in [0, 0.05) is 6.42 Å². The highest BCUT2D eigenvalue weighted by atomic mass is 16.5. The smallest absolute Gasteiger partial charge is 0.335 e. The fourth-order valence-electron chi connectivity index (χ4n) is 3.63. The molecule has 0 aromatic heterocycles. The summed E-state index contributed by atoms with van der Waals surface area (Å²) in [6.07, 6.45) is 0.0907. The Morgan fingerprint density at radius 1 is 0.806 bits per heavy atom. The van der Waals surface area contributed by atoms with E-state index < -0.39 is 23.8 Å². The molecule has 6 nitrogen and oxygen atoms in total. The minimum atomic E-state index is -1.19. The molecule has 1 unspecified atom stereocenters. The zero-order valence-electron chi connectivity index (χ0n) is 16.8. The number of Topliss-reactive ketones (excluding diaryl/α,β-unsaturated/α-hetero) is 1. The van der Waals surface area contributed by atoms with Gasteiger partial charge in [-0.15, -0.1) is 0 Å². The molecule has 0 bridgehead atoms. The molecule has 0 saturated carbocycles. The summed E-state index contributed by atoms with van der Waals surface area (Å²) < 4.78 is 5.54. The Kier molecular flexibility index (Phi) is 5.45. The van der Waals surface area contributed by atoms with E-state index in [0.29, 0.717) is 0 Å². The van der Waals surface area contributed by atoms with Crippen molar-refractivity contribution in [1.29, 1.82) is 0 Å². The van der Waals surface area contributed by atoms with Crippen LogP contribution >= 0.6 is 0 Å². The number of amides is 2. The third-order valence-electron chi connectivity index (χ3n) is 5.16. The molecule has 2 amide bonds. The average Bonchev–Trinajstić information content (AvgIpc) is 3.03. The molecule has 31 heavy (non-hydrogen) atoms. The maximum atomic E-state index is 13.2. The molecule has 0 N–H and O–H groups in total. The van der Waals surface area contributed by atoms with Gasteiger partial charge in [-0.1, -0.05) is 54.6 Å². The first-order valence-electron chi connectivity index (χ1n) is 9.80. The van der Waals surface area contributed by atoms with Gasteiger partial charge in [-0.25, -0.2) is 4.79 Å². The van der Waals surface area contributed by atoms with E-state index in [0.717, 1.165) is 10.5 Å². The molecule has 0 radical (unpaired) electrons. The van der Waals surface area contributed by atoms with Gasteiger partial charge in [-0.2, -0.15) is 0 Å². The summed E-state index contributed by atoms with van der Waals surface area (Å²) in [5, 5.41) is 0. The number of rotatable bonds is 6. The summed E-state index contributed by atoms with van der Waals surface area (Å²) in [6, 6.07) is 20.7. The highest BCUT2D eigenvalue weighted by Crippen LogP contribution is 2.27. The van der Waals surface area contributed by atoms with Crippen molar-refractivity contribution in [2.75, 3.05) is 0 Å². The van der Waals surface area contributed by atoms with Crippen LogP contribution in [0.1, 0.15) is 43.6 Å². The van der Waals surface area contributed by atoms with Crippen LogP contribution in [-0.4, -0.2) is 34.5 Å². The average molecular weight is 413 g/mol. The summed E-state index contributed by atoms with van der Waals surface area (Å²) in [5.41, 5.74) is 1.52. The molecule has 4 rings (SSSR count). The number of ether oxygens (including phenoxy) is 1. The molecule has 0 saturated heterocycles. The number of nitrogens with zero attached hydrogens (tertiary/aromatic N) is 1. The van der Waals surface area contributed by atoms with Gasteiger partial charge in [-0.3, -0.25) is 19.3 Å². The first-order chi connectivity index (χ1) is 15.0. The molecule has 0 aliphatic carbocycles. The molecule has 3 aromatic carbocycles. The fraction of sp³-hybridized carbons (Fsp3) is 0.120. The maximum absolute atomic E-state index is 13.2. The van der Waals surface area contributed by atoms with Crippen LogP contribution in [0.2, 0.25) is 0 Å². The summed E-state index contributed by atoms with van der Waals surface area (Å²) >= 11 is 0. The summed E-state index contributed by atoms with van der Waals surface area (Å²) in [6.45, 7) is 1.37. The zero-order valence-corrected chi connectivity index (χ0v) is 16.8. The largest absolute Gasteiger partial charge is 0.424 e. The Bertz CT molecular complexity index is 1150. The monoisotopic (exact) mass is 413 g/mol. The van der Waals surface area contributed by atoms with Crippen LogP contribution in [0.15, 0.2) is 78.9 Å². The topological polar surface area (TPSA) is 80.8 Å². The van der Waals surface area contributed by atoms with E-state index in [1.165, 1.54) is 13.0 Å². The van der Waals surface area contributed by atoms with E-state index in [1.54, 1.807) is 42.5 Å². The van der Waals surface area contributed by atoms with Crippen LogP contribution in [-0.2, 0) is 11.2 Å². The zero-order chi connectivity index (χ0) is 22.0. The van der Waals surface area contributed by atoms with Crippen LogP contribution in [0.4, 0.5) is 0 Å². The van der Waals surface area contributed by atoms with E-state index in [1.807, 2.05) is 30.3 Å². The quantitative estimate of drug-likeness (QED) is 0.266. The first kappa shape index (κ1) is 20.2. The van der Waals surface area contributed by atoms with Gasteiger partial charge in [0.1, 0.15) is 11.8 Å². The van der Waals surface area contributed by atoms with E-state index in [9.17, 15) is 19.2 Å². The fourth-order valence-corrected chi connectivity index (χ4v) is 3.63. The van der Waals surface area contributed by atoms with Crippen molar-refractivity contribution in [3.05, 3.63) is 101 Å². The second-order valence-electron chi connectivity index (χ2n) is 7.20. The standard InChI is InChI=1S/C25H19NO5/c1-16(27)18-11-7-8-14-22(18)31-25(30)21(15-17-9-3-2-4-10-17)26-23(28)19-12-5-6-13-20(19)24(26)29/h2-14,21H,15H2,1H3. The van der Waals surface area contributed by atoms with Crippen LogP contribution < -0.4 is 4.74 Å². The highest BCUT2D eigenvalue weighted by molar-refractivity contribution is 6.22. The minimum Gasteiger partial charge on any atom is -0.424 e. The highest BCUT2D eigenvalue weighted by Gasteiger charge is 2.43. The van der Waals surface area contributed by atoms with E-state index in [-0.39, 0.29) is 34.6 Å². The predicted octanol–water partition coefficient (Wildman–Crippen LogP) is 3.70. The van der Waals surface area contributed by atoms with Crippen LogP contribution in [0.3, 0.4) is 0 Å². The molecular weight excluding hydrogens is 394 g/mol. The Morgan fingerprint density at radius 2 is 1.35 bits per heavy atom. The summed E-state index contributed by atoms with van der Waals surface area (Å²) in [5.74, 6) is -2.04. The molecule has 6 heteroatoms. The number of esters is 1. The van der Waals surface area contributed by atoms with Crippen molar-refractivity contribution in [3.63, 3.8) is 0 Å². The van der Waals surface area contributed by atoms with Crippen molar-refractivity contribution in [3.8, 4) is 5.75 Å². The molecule has 1 heterocycles. The Hall–Kier alpha value is -4.06. The third kappa shape index (κ3) is 3.88. The Balaban J connectivity index is 1.71. The minimum absolute atomic E-state index is 0.0907. The molecule has 1 atom stereocenters. The summed E-state index contributed by atoms with van der Waals surface area (Å²) in [4.78, 5) is 52.1. The lowest BCUT2D eigenvalue weighted by molar-refractivity contribution is -0.138. The molecular formula is C25H19NO5. The number of hydrogen-bond acceptors (Lipinski definition) is 5. The van der Waals surface area contributed by atoms with Crippen molar-refractivity contribution < 1.29 is 23.9 Å². The normalized spacial score (nSPS) is 13.6. The number of para-hydroxylation sites is 1. The SMILES string of the molecule is CC(=O)c1ccccc1OC(=O)C(Cc1ccccc1)N1C(=O)c2ccccc2C1=O. The number of fused-ring (bicyclic) bond motifs is 1. The second-order valence-corrected chi connectivity index (χ2v) is 7.20. The lowest BCUT2D eigenvalue weighted by Gasteiger charge is -2.25. The molecule has 0 spiro atoms. The van der Waals surface area contributed by atoms with Crippen molar-refractivity contribution in [1.82, 2.24) is 4.90 Å². The van der Waals surface area contributed by atoms with Gasteiger partial charge >= 0.3 is 5.97 Å². The van der Waals surface area contributed by atoms with Crippen molar-refractivity contribution in [2.24, 2.45) is 0 Å². The van der Waals surface area contributed by atoms with Crippen molar-refractivity contribution >= 4 is 23.6 Å². The van der Waals surface area contributed by atoms with Crippen LogP contribution in [0, 0.1) is 0 Å². The van der Waals surface area contributed by atoms with Gasteiger partial charge in [0.15, 0.2) is 5.78 Å².